The Morgan fingerprint density at radius 3 is 2.60 bits per heavy atom. The Labute approximate surface area is 63.2 Å². The molecule has 10 heavy (non-hydrogen) atoms. The maximum Gasteiger partial charge on any atom is 0.106 e. The van der Waals surface area contributed by atoms with Crippen molar-refractivity contribution in [3.05, 3.63) is 0 Å². The number of hydrogen-bond donors (Lipinski definition) is 0. The molecule has 2 nitrogen and oxygen atoms in total. The summed E-state index contributed by atoms with van der Waals surface area (Å²) in [6, 6.07) is 0. The van der Waals surface area contributed by atoms with Gasteiger partial charge >= 0.3 is 0 Å². The minimum Gasteiger partial charge on any atom is -0.447 e. The molecule has 0 aromatic carbocycles. The van der Waals surface area contributed by atoms with Crippen LogP contribution >= 0.6 is 0 Å². The zero-order valence-corrected chi connectivity index (χ0v) is 6.76. The van der Waals surface area contributed by atoms with Gasteiger partial charge in [0.1, 0.15) is 12.7 Å². The summed E-state index contributed by atoms with van der Waals surface area (Å²) >= 11 is 0. The van der Waals surface area contributed by atoms with E-state index in [-0.39, 0.29) is 0 Å². The van der Waals surface area contributed by atoms with Crippen LogP contribution in [-0.2, 0) is 4.74 Å². The number of hydrogen-bond acceptors (Lipinski definition) is 2. The van der Waals surface area contributed by atoms with E-state index in [0.717, 1.165) is 19.4 Å². The standard InChI is InChI=1S/C8H15NO/c1-4-10-8-6-5-7-9(2)3/h1H,5-8H2,2-3H3. The first-order valence-corrected chi connectivity index (χ1v) is 3.49. The third-order valence-electron chi connectivity index (χ3n) is 1.19. The highest BCUT2D eigenvalue weighted by Gasteiger charge is 1.89. The first-order valence-electron chi connectivity index (χ1n) is 3.49. The number of terminal acetylenes is 1. The topological polar surface area (TPSA) is 12.5 Å². The van der Waals surface area contributed by atoms with Crippen molar-refractivity contribution in [2.24, 2.45) is 0 Å². The summed E-state index contributed by atoms with van der Waals surface area (Å²) in [6.45, 7) is 1.79. The van der Waals surface area contributed by atoms with Crippen LogP contribution < -0.4 is 0 Å². The molecule has 0 aromatic rings. The van der Waals surface area contributed by atoms with Crippen LogP contribution in [0, 0.1) is 12.5 Å². The van der Waals surface area contributed by atoms with Crippen LogP contribution in [0.5, 0.6) is 0 Å². The van der Waals surface area contributed by atoms with Crippen molar-refractivity contribution in [3.8, 4) is 12.5 Å². The van der Waals surface area contributed by atoms with Gasteiger partial charge in [0.25, 0.3) is 0 Å². The number of nitrogens with zero attached hydrogens (tertiary/aromatic N) is 1. The van der Waals surface area contributed by atoms with E-state index in [2.05, 4.69) is 25.1 Å². The average molecular weight is 141 g/mol. The minimum atomic E-state index is 0.685. The van der Waals surface area contributed by atoms with Gasteiger partial charge in [0.15, 0.2) is 0 Å². The van der Waals surface area contributed by atoms with Crippen LogP contribution in [0.3, 0.4) is 0 Å². The van der Waals surface area contributed by atoms with E-state index in [1.807, 2.05) is 0 Å². The van der Waals surface area contributed by atoms with Gasteiger partial charge in [-0.3, -0.25) is 0 Å². The molecule has 2 heteroatoms. The smallest absolute Gasteiger partial charge is 0.106 e. The lowest BCUT2D eigenvalue weighted by Gasteiger charge is -2.07. The zero-order chi connectivity index (χ0) is 7.82. The molecule has 0 spiro atoms. The highest BCUT2D eigenvalue weighted by molar-refractivity contribution is 4.67. The van der Waals surface area contributed by atoms with Crippen LogP contribution in [-0.4, -0.2) is 32.1 Å². The van der Waals surface area contributed by atoms with Crippen LogP contribution in [0.2, 0.25) is 0 Å². The molecule has 0 aliphatic rings. The predicted molar refractivity (Wildman–Crippen MR) is 42.6 cm³/mol. The summed E-state index contributed by atoms with van der Waals surface area (Å²) in [7, 11) is 4.12. The van der Waals surface area contributed by atoms with Gasteiger partial charge in [0, 0.05) is 0 Å². The zero-order valence-electron chi connectivity index (χ0n) is 6.76. The van der Waals surface area contributed by atoms with Gasteiger partial charge in [-0.1, -0.05) is 6.42 Å². The summed E-state index contributed by atoms with van der Waals surface area (Å²) in [5.41, 5.74) is 0. The molecule has 0 unspecified atom stereocenters. The van der Waals surface area contributed by atoms with Crippen LogP contribution in [0.25, 0.3) is 0 Å². The van der Waals surface area contributed by atoms with Crippen molar-refractivity contribution in [2.45, 2.75) is 12.8 Å². The fourth-order valence-corrected chi connectivity index (χ4v) is 0.661. The molecule has 0 atom stereocenters. The second kappa shape index (κ2) is 6.44. The van der Waals surface area contributed by atoms with Crippen molar-refractivity contribution >= 4 is 0 Å². The summed E-state index contributed by atoms with van der Waals surface area (Å²) in [4.78, 5) is 2.15. The van der Waals surface area contributed by atoms with Gasteiger partial charge in [-0.15, -0.1) is 0 Å². The molecule has 58 valence electrons. The lowest BCUT2D eigenvalue weighted by atomic mass is 10.3. The lowest BCUT2D eigenvalue weighted by Crippen LogP contribution is -2.13. The van der Waals surface area contributed by atoms with Crippen molar-refractivity contribution in [1.29, 1.82) is 0 Å². The third kappa shape index (κ3) is 7.32. The first-order chi connectivity index (χ1) is 4.77. The number of unbranched alkanes of at least 4 members (excludes halogenated alkanes) is 1. The highest BCUT2D eigenvalue weighted by Crippen LogP contribution is 1.90. The van der Waals surface area contributed by atoms with Gasteiger partial charge in [-0.05, 0) is 33.5 Å². The Morgan fingerprint density at radius 2 is 2.10 bits per heavy atom. The van der Waals surface area contributed by atoms with E-state index in [9.17, 15) is 0 Å². The van der Waals surface area contributed by atoms with Gasteiger partial charge < -0.3 is 9.64 Å². The second-order valence-electron chi connectivity index (χ2n) is 2.48. The minimum absolute atomic E-state index is 0.685. The molecule has 0 aromatic heterocycles. The maximum atomic E-state index is 4.89. The Morgan fingerprint density at radius 1 is 1.40 bits per heavy atom. The van der Waals surface area contributed by atoms with Crippen LogP contribution in [0.15, 0.2) is 0 Å². The Kier molecular flexibility index (Phi) is 6.00. The summed E-state index contributed by atoms with van der Waals surface area (Å²) in [5, 5.41) is 0. The lowest BCUT2D eigenvalue weighted by molar-refractivity contribution is 0.260. The predicted octanol–water partition coefficient (Wildman–Crippen LogP) is 0.935. The average Bonchev–Trinajstić information content (AvgIpc) is 1.87. The quantitative estimate of drug-likeness (QED) is 0.417. The van der Waals surface area contributed by atoms with Gasteiger partial charge in [0.05, 0.1) is 0 Å². The molecule has 0 bridgehead atoms. The van der Waals surface area contributed by atoms with E-state index < -0.39 is 0 Å². The third-order valence-corrected chi connectivity index (χ3v) is 1.19. The summed E-state index contributed by atoms with van der Waals surface area (Å²) in [5.74, 6) is 0. The highest BCUT2D eigenvalue weighted by atomic mass is 16.5. The SMILES string of the molecule is C#COCCCCN(C)C. The fraction of sp³-hybridized carbons (Fsp3) is 0.750. The molecule has 0 N–H and O–H groups in total. The van der Waals surface area contributed by atoms with E-state index in [0.29, 0.717) is 6.61 Å². The first kappa shape index (κ1) is 9.32. The van der Waals surface area contributed by atoms with Gasteiger partial charge in [-0.25, -0.2) is 0 Å². The largest absolute Gasteiger partial charge is 0.447 e. The van der Waals surface area contributed by atoms with E-state index in [1.54, 1.807) is 0 Å². The molecule has 0 aliphatic carbocycles. The molecule has 0 rings (SSSR count). The molecule has 0 radical (unpaired) electrons. The number of rotatable bonds is 5. The molecular formula is C8H15NO. The van der Waals surface area contributed by atoms with Crippen molar-refractivity contribution in [1.82, 2.24) is 4.90 Å². The Balaban J connectivity index is 2.86. The summed E-state index contributed by atoms with van der Waals surface area (Å²) < 4.78 is 4.72. The maximum absolute atomic E-state index is 4.89. The van der Waals surface area contributed by atoms with Crippen molar-refractivity contribution in [3.63, 3.8) is 0 Å². The Bertz CT molecular complexity index is 104. The van der Waals surface area contributed by atoms with Gasteiger partial charge in [-0.2, -0.15) is 0 Å². The molecular weight excluding hydrogens is 126 g/mol. The molecule has 0 saturated carbocycles. The van der Waals surface area contributed by atoms with E-state index in [1.165, 1.54) is 0 Å². The normalized spacial score (nSPS) is 9.40. The summed E-state index contributed by atoms with van der Waals surface area (Å²) in [6.07, 6.45) is 9.22. The fourth-order valence-electron chi connectivity index (χ4n) is 0.661. The number of ether oxygens (including phenoxy) is 1. The monoisotopic (exact) mass is 141 g/mol. The molecule has 0 heterocycles. The molecule has 0 saturated heterocycles. The van der Waals surface area contributed by atoms with E-state index in [4.69, 9.17) is 11.2 Å². The molecule has 0 fully saturated rings. The van der Waals surface area contributed by atoms with Crippen molar-refractivity contribution in [2.75, 3.05) is 27.2 Å². The Hall–Kier alpha value is -0.680. The molecule has 0 amide bonds. The van der Waals surface area contributed by atoms with Gasteiger partial charge in [0.2, 0.25) is 0 Å². The van der Waals surface area contributed by atoms with Crippen LogP contribution in [0.4, 0.5) is 0 Å². The molecule has 0 aliphatic heterocycles. The second-order valence-corrected chi connectivity index (χ2v) is 2.48. The van der Waals surface area contributed by atoms with Crippen molar-refractivity contribution < 1.29 is 4.74 Å². The van der Waals surface area contributed by atoms with Crippen LogP contribution in [0.1, 0.15) is 12.8 Å². The van der Waals surface area contributed by atoms with E-state index >= 15 is 0 Å².